The fourth-order valence-corrected chi connectivity index (χ4v) is 2.19. The monoisotopic (exact) mass is 292 g/mol. The molecule has 2 atom stereocenters. The number of rotatable bonds is 6. The Balaban J connectivity index is 1.82. The number of esters is 1. The largest absolute Gasteiger partial charge is 0.459 e. The molecule has 1 fully saturated rings. The Labute approximate surface area is 123 Å². The van der Waals surface area contributed by atoms with Crippen LogP contribution in [0.1, 0.15) is 18.4 Å². The number of ether oxygens (including phenoxy) is 1. The lowest BCUT2D eigenvalue weighted by atomic mass is 10.2. The minimum Gasteiger partial charge on any atom is -0.459 e. The topological polar surface area (TPSA) is 87.7 Å². The molecule has 0 radical (unpaired) electrons. The van der Waals surface area contributed by atoms with Crippen molar-refractivity contribution in [1.82, 2.24) is 10.6 Å². The fraction of sp³-hybridized carbons (Fsp3) is 0.467. The molecule has 3 N–H and O–H groups in total. The first-order chi connectivity index (χ1) is 10.2. The molecule has 0 unspecified atom stereocenters. The molecule has 0 saturated carbocycles. The Morgan fingerprint density at radius 2 is 2.14 bits per heavy atom. The maximum atomic E-state index is 11.9. The number of hydrogen-bond donors (Lipinski definition) is 3. The normalized spacial score (nSPS) is 19.0. The average Bonchev–Trinajstić information content (AvgIpc) is 3.05. The summed E-state index contributed by atoms with van der Waals surface area (Å²) >= 11 is 0. The molecule has 0 aliphatic carbocycles. The van der Waals surface area contributed by atoms with E-state index in [0.717, 1.165) is 24.9 Å². The lowest BCUT2D eigenvalue weighted by Gasteiger charge is -2.18. The molecule has 0 bridgehead atoms. The third-order valence-corrected chi connectivity index (χ3v) is 3.38. The van der Waals surface area contributed by atoms with E-state index in [2.05, 4.69) is 10.6 Å². The van der Waals surface area contributed by atoms with E-state index in [1.165, 1.54) is 0 Å². The molecule has 1 heterocycles. The Bertz CT molecular complexity index is 472. The van der Waals surface area contributed by atoms with Crippen LogP contribution in [0.5, 0.6) is 0 Å². The summed E-state index contributed by atoms with van der Waals surface area (Å²) < 4.78 is 5.11. The van der Waals surface area contributed by atoms with E-state index in [9.17, 15) is 14.7 Å². The van der Waals surface area contributed by atoms with Crippen LogP contribution in [0.2, 0.25) is 0 Å². The van der Waals surface area contributed by atoms with Gasteiger partial charge in [0.2, 0.25) is 5.91 Å². The molecule has 1 aliphatic heterocycles. The zero-order valence-electron chi connectivity index (χ0n) is 11.7. The minimum absolute atomic E-state index is 0.119. The number of carbonyl (C=O) groups is 2. The van der Waals surface area contributed by atoms with Crippen LogP contribution in [-0.4, -0.2) is 42.2 Å². The second-order valence-corrected chi connectivity index (χ2v) is 4.99. The van der Waals surface area contributed by atoms with E-state index in [1.807, 2.05) is 30.3 Å². The van der Waals surface area contributed by atoms with E-state index >= 15 is 0 Å². The molecular formula is C15H20N2O4. The fourth-order valence-electron chi connectivity index (χ4n) is 2.19. The second kappa shape index (κ2) is 7.75. The van der Waals surface area contributed by atoms with Crippen molar-refractivity contribution in [2.45, 2.75) is 31.5 Å². The highest BCUT2D eigenvalue weighted by Gasteiger charge is 2.27. The number of benzene rings is 1. The molecule has 1 amide bonds. The molecule has 6 heteroatoms. The van der Waals surface area contributed by atoms with E-state index in [-0.39, 0.29) is 18.6 Å². The Kier molecular flexibility index (Phi) is 5.71. The summed E-state index contributed by atoms with van der Waals surface area (Å²) in [6.07, 6.45) is 1.67. The number of hydrogen-bond acceptors (Lipinski definition) is 5. The van der Waals surface area contributed by atoms with Crippen LogP contribution in [0.4, 0.5) is 0 Å². The molecule has 6 nitrogen and oxygen atoms in total. The molecule has 2 rings (SSSR count). The van der Waals surface area contributed by atoms with Crippen molar-refractivity contribution in [3.8, 4) is 0 Å². The van der Waals surface area contributed by atoms with Gasteiger partial charge in [0.25, 0.3) is 0 Å². The van der Waals surface area contributed by atoms with Gasteiger partial charge in [-0.2, -0.15) is 0 Å². The summed E-state index contributed by atoms with van der Waals surface area (Å²) in [5, 5.41) is 14.8. The lowest BCUT2D eigenvalue weighted by Crippen LogP contribution is -2.50. The molecule has 1 saturated heterocycles. The summed E-state index contributed by atoms with van der Waals surface area (Å²) in [5.41, 5.74) is 0.853. The van der Waals surface area contributed by atoms with Gasteiger partial charge in [0.15, 0.2) is 6.04 Å². The van der Waals surface area contributed by atoms with Gasteiger partial charge in [0.1, 0.15) is 6.61 Å². The SMILES string of the molecule is O=C(N[C@@H](CO)C(=O)OCc1ccccc1)[C@@H]1CCCN1. The number of nitrogens with one attached hydrogen (secondary N) is 2. The van der Waals surface area contributed by atoms with Gasteiger partial charge in [-0.1, -0.05) is 30.3 Å². The molecule has 21 heavy (non-hydrogen) atoms. The van der Waals surface area contributed by atoms with Gasteiger partial charge in [0.05, 0.1) is 12.6 Å². The van der Waals surface area contributed by atoms with Gasteiger partial charge in [-0.25, -0.2) is 4.79 Å². The predicted octanol–water partition coefficient (Wildman–Crippen LogP) is -0.0411. The molecule has 1 aliphatic rings. The van der Waals surface area contributed by atoms with Crippen LogP contribution >= 0.6 is 0 Å². The van der Waals surface area contributed by atoms with Crippen LogP contribution in [0.3, 0.4) is 0 Å². The van der Waals surface area contributed by atoms with Crippen molar-refractivity contribution in [3.05, 3.63) is 35.9 Å². The summed E-state index contributed by atoms with van der Waals surface area (Å²) in [6, 6.07) is 7.92. The summed E-state index contributed by atoms with van der Waals surface area (Å²) in [6.45, 7) is 0.431. The van der Waals surface area contributed by atoms with Crippen molar-refractivity contribution < 1.29 is 19.4 Å². The predicted molar refractivity (Wildman–Crippen MR) is 76.3 cm³/mol. The second-order valence-electron chi connectivity index (χ2n) is 4.99. The van der Waals surface area contributed by atoms with Crippen LogP contribution in [0, 0.1) is 0 Å². The van der Waals surface area contributed by atoms with Gasteiger partial charge in [-0.15, -0.1) is 0 Å². The van der Waals surface area contributed by atoms with Crippen LogP contribution < -0.4 is 10.6 Å². The Morgan fingerprint density at radius 3 is 2.76 bits per heavy atom. The van der Waals surface area contributed by atoms with Gasteiger partial charge < -0.3 is 20.5 Å². The Morgan fingerprint density at radius 1 is 1.38 bits per heavy atom. The average molecular weight is 292 g/mol. The first-order valence-electron chi connectivity index (χ1n) is 7.06. The molecule has 114 valence electrons. The van der Waals surface area contributed by atoms with E-state index < -0.39 is 18.6 Å². The molecular weight excluding hydrogens is 272 g/mol. The van der Waals surface area contributed by atoms with Crippen LogP contribution in [-0.2, 0) is 20.9 Å². The van der Waals surface area contributed by atoms with Crippen molar-refractivity contribution in [2.75, 3.05) is 13.2 Å². The standard InChI is InChI=1S/C15H20N2O4/c18-9-13(17-14(19)12-7-4-8-16-12)15(20)21-10-11-5-2-1-3-6-11/h1-3,5-6,12-13,16,18H,4,7-10H2,(H,17,19)/t12-,13-/m0/s1. The molecule has 1 aromatic carbocycles. The number of amides is 1. The van der Waals surface area contributed by atoms with E-state index in [1.54, 1.807) is 0 Å². The van der Waals surface area contributed by atoms with Crippen molar-refractivity contribution >= 4 is 11.9 Å². The summed E-state index contributed by atoms with van der Waals surface area (Å²) in [4.78, 5) is 23.8. The first kappa shape index (κ1) is 15.5. The van der Waals surface area contributed by atoms with Crippen LogP contribution in [0.15, 0.2) is 30.3 Å². The van der Waals surface area contributed by atoms with E-state index in [4.69, 9.17) is 4.74 Å². The molecule has 0 aromatic heterocycles. The third-order valence-electron chi connectivity index (χ3n) is 3.38. The number of aliphatic hydroxyl groups is 1. The maximum absolute atomic E-state index is 11.9. The van der Waals surface area contributed by atoms with Crippen LogP contribution in [0.25, 0.3) is 0 Å². The zero-order valence-corrected chi connectivity index (χ0v) is 11.7. The highest BCUT2D eigenvalue weighted by atomic mass is 16.5. The smallest absolute Gasteiger partial charge is 0.331 e. The van der Waals surface area contributed by atoms with Crippen molar-refractivity contribution in [1.29, 1.82) is 0 Å². The highest BCUT2D eigenvalue weighted by molar-refractivity contribution is 5.87. The Hall–Kier alpha value is -1.92. The highest BCUT2D eigenvalue weighted by Crippen LogP contribution is 2.06. The third kappa shape index (κ3) is 4.54. The van der Waals surface area contributed by atoms with Crippen molar-refractivity contribution in [2.24, 2.45) is 0 Å². The van der Waals surface area contributed by atoms with Gasteiger partial charge in [-0.3, -0.25) is 4.79 Å². The molecule has 1 aromatic rings. The maximum Gasteiger partial charge on any atom is 0.331 e. The lowest BCUT2D eigenvalue weighted by molar-refractivity contribution is -0.150. The quantitative estimate of drug-likeness (QED) is 0.640. The molecule has 0 spiro atoms. The van der Waals surface area contributed by atoms with Gasteiger partial charge >= 0.3 is 5.97 Å². The first-order valence-corrected chi connectivity index (χ1v) is 7.06. The zero-order chi connectivity index (χ0) is 15.1. The van der Waals surface area contributed by atoms with E-state index in [0.29, 0.717) is 0 Å². The number of carbonyl (C=O) groups excluding carboxylic acids is 2. The number of aliphatic hydroxyl groups excluding tert-OH is 1. The van der Waals surface area contributed by atoms with Gasteiger partial charge in [0, 0.05) is 0 Å². The van der Waals surface area contributed by atoms with Gasteiger partial charge in [-0.05, 0) is 24.9 Å². The minimum atomic E-state index is -1.02. The van der Waals surface area contributed by atoms with Crippen molar-refractivity contribution in [3.63, 3.8) is 0 Å². The summed E-state index contributed by atoms with van der Waals surface area (Å²) in [7, 11) is 0. The summed E-state index contributed by atoms with van der Waals surface area (Å²) in [5.74, 6) is -0.907.